The molecule has 0 aliphatic carbocycles. The van der Waals surface area contributed by atoms with Gasteiger partial charge in [0.2, 0.25) is 0 Å². The molecule has 0 bridgehead atoms. The molecule has 1 atom stereocenters. The molecule has 0 saturated carbocycles. The number of rotatable bonds is 10. The summed E-state index contributed by atoms with van der Waals surface area (Å²) in [6.07, 6.45) is 3.92. The van der Waals surface area contributed by atoms with Gasteiger partial charge in [-0.05, 0) is 6.92 Å². The van der Waals surface area contributed by atoms with Crippen molar-refractivity contribution in [1.29, 1.82) is 0 Å². The van der Waals surface area contributed by atoms with Crippen LogP contribution in [0.2, 0.25) is 0 Å². The van der Waals surface area contributed by atoms with Gasteiger partial charge in [0.25, 0.3) is 0 Å². The smallest absolute Gasteiger partial charge is 0.309 e. The van der Waals surface area contributed by atoms with Crippen LogP contribution in [0.3, 0.4) is 0 Å². The molecule has 5 heteroatoms. The predicted molar refractivity (Wildman–Crippen MR) is 67.7 cm³/mol. The topological polar surface area (TPSA) is 38.8 Å². The fourth-order valence-electron chi connectivity index (χ4n) is 1.13. The first-order valence-electron chi connectivity index (χ1n) is 5.44. The van der Waals surface area contributed by atoms with Crippen molar-refractivity contribution < 1.29 is 13.6 Å². The fraction of sp³-hybridized carbons (Fsp3) is 0.636. The van der Waals surface area contributed by atoms with E-state index in [0.29, 0.717) is 25.9 Å². The Hall–Kier alpha value is -0.410. The summed E-state index contributed by atoms with van der Waals surface area (Å²) in [6, 6.07) is 0. The highest BCUT2D eigenvalue weighted by atomic mass is 31.2. The molecule has 4 nitrogen and oxygen atoms in total. The highest BCUT2D eigenvalue weighted by Gasteiger charge is 2.21. The predicted octanol–water partition coefficient (Wildman–Crippen LogP) is 2.88. The van der Waals surface area contributed by atoms with Crippen LogP contribution in [0, 0.1) is 0 Å². The zero-order chi connectivity index (χ0) is 12.4. The Morgan fingerprint density at radius 1 is 1.19 bits per heavy atom. The van der Waals surface area contributed by atoms with E-state index in [4.69, 9.17) is 9.05 Å². The van der Waals surface area contributed by atoms with Crippen LogP contribution >= 0.6 is 7.60 Å². The van der Waals surface area contributed by atoms with Gasteiger partial charge in [-0.25, -0.2) is 0 Å². The average Bonchev–Trinajstić information content (AvgIpc) is 2.27. The fourth-order valence-corrected chi connectivity index (χ4v) is 2.30. The van der Waals surface area contributed by atoms with Gasteiger partial charge in [0.15, 0.2) is 0 Å². The molecular weight excluding hydrogens is 225 g/mol. The molecule has 0 rings (SSSR count). The highest BCUT2D eigenvalue weighted by molar-refractivity contribution is 7.53. The molecule has 1 unspecified atom stereocenters. The van der Waals surface area contributed by atoms with Crippen molar-refractivity contribution in [3.05, 3.63) is 25.3 Å². The second-order valence-corrected chi connectivity index (χ2v) is 5.59. The minimum absolute atomic E-state index is 0.267. The van der Waals surface area contributed by atoms with Gasteiger partial charge < -0.3 is 4.52 Å². The van der Waals surface area contributed by atoms with Crippen molar-refractivity contribution in [2.75, 3.05) is 32.6 Å². The molecule has 0 spiro atoms. The van der Waals surface area contributed by atoms with E-state index in [1.165, 1.54) is 0 Å². The van der Waals surface area contributed by atoms with Crippen molar-refractivity contribution in [2.24, 2.45) is 0 Å². The lowest BCUT2D eigenvalue weighted by Gasteiger charge is -2.22. The first-order valence-corrected chi connectivity index (χ1v) is 7.17. The van der Waals surface area contributed by atoms with Crippen molar-refractivity contribution in [3.8, 4) is 0 Å². The molecule has 0 aliphatic rings. The standard InChI is InChI=1S/C11H22NO3P/c1-5-9-12(10-6-2)11-15-16(13,8-4)14-7-3/h5-6H,1-2,7-11H2,3-4H3. The summed E-state index contributed by atoms with van der Waals surface area (Å²) in [7, 11) is -2.91. The van der Waals surface area contributed by atoms with Crippen LogP contribution in [0.25, 0.3) is 0 Å². The minimum atomic E-state index is -2.91. The first kappa shape index (κ1) is 15.6. The van der Waals surface area contributed by atoms with Gasteiger partial charge in [-0.3, -0.25) is 14.0 Å². The Bertz CT molecular complexity index is 246. The molecule has 0 amide bonds. The summed E-state index contributed by atoms with van der Waals surface area (Å²) < 4.78 is 22.5. The highest BCUT2D eigenvalue weighted by Crippen LogP contribution is 2.47. The maximum atomic E-state index is 12.0. The minimum Gasteiger partial charge on any atom is -0.309 e. The van der Waals surface area contributed by atoms with Gasteiger partial charge >= 0.3 is 7.60 Å². The van der Waals surface area contributed by atoms with E-state index in [2.05, 4.69) is 13.2 Å². The number of hydrogen-bond acceptors (Lipinski definition) is 4. The number of hydrogen-bond donors (Lipinski definition) is 0. The monoisotopic (exact) mass is 247 g/mol. The molecule has 0 aromatic carbocycles. The van der Waals surface area contributed by atoms with Crippen molar-refractivity contribution >= 4 is 7.60 Å². The lowest BCUT2D eigenvalue weighted by Crippen LogP contribution is -2.26. The molecular formula is C11H22NO3P. The van der Waals surface area contributed by atoms with Crippen molar-refractivity contribution in [2.45, 2.75) is 13.8 Å². The number of nitrogens with zero attached hydrogens (tertiary/aromatic N) is 1. The summed E-state index contributed by atoms with van der Waals surface area (Å²) in [5.41, 5.74) is 0. The normalized spacial score (nSPS) is 14.7. The van der Waals surface area contributed by atoms with E-state index in [1.807, 2.05) is 4.90 Å². The van der Waals surface area contributed by atoms with Gasteiger partial charge in [-0.2, -0.15) is 0 Å². The van der Waals surface area contributed by atoms with Crippen molar-refractivity contribution in [3.63, 3.8) is 0 Å². The Kier molecular flexibility index (Phi) is 8.49. The van der Waals surface area contributed by atoms with Crippen molar-refractivity contribution in [1.82, 2.24) is 4.90 Å². The third-order valence-electron chi connectivity index (χ3n) is 1.92. The summed E-state index contributed by atoms with van der Waals surface area (Å²) in [6.45, 7) is 12.9. The van der Waals surface area contributed by atoms with E-state index in [0.717, 1.165) is 0 Å². The van der Waals surface area contributed by atoms with E-state index in [9.17, 15) is 4.57 Å². The van der Waals surface area contributed by atoms with Crippen LogP contribution in [-0.4, -0.2) is 37.5 Å². The van der Waals surface area contributed by atoms with E-state index in [1.54, 1.807) is 26.0 Å². The SMILES string of the molecule is C=CCN(CC=C)COP(=O)(CC)OCC. The lowest BCUT2D eigenvalue weighted by molar-refractivity contribution is 0.121. The van der Waals surface area contributed by atoms with Crippen LogP contribution in [0.1, 0.15) is 13.8 Å². The summed E-state index contributed by atoms with van der Waals surface area (Å²) in [5.74, 6) is 0. The van der Waals surface area contributed by atoms with E-state index in [-0.39, 0.29) is 6.73 Å². The van der Waals surface area contributed by atoms with Gasteiger partial charge in [0, 0.05) is 19.3 Å². The zero-order valence-corrected chi connectivity index (χ0v) is 11.1. The first-order chi connectivity index (χ1) is 7.61. The van der Waals surface area contributed by atoms with E-state index >= 15 is 0 Å². The van der Waals surface area contributed by atoms with Crippen LogP contribution in [0.4, 0.5) is 0 Å². The second kappa shape index (κ2) is 8.71. The van der Waals surface area contributed by atoms with Crippen LogP contribution in [-0.2, 0) is 13.6 Å². The van der Waals surface area contributed by atoms with Crippen LogP contribution < -0.4 is 0 Å². The summed E-state index contributed by atoms with van der Waals surface area (Å²) in [5, 5.41) is 0. The molecule has 0 N–H and O–H groups in total. The molecule has 94 valence electrons. The quantitative estimate of drug-likeness (QED) is 0.338. The van der Waals surface area contributed by atoms with Gasteiger partial charge in [-0.15, -0.1) is 13.2 Å². The maximum Gasteiger partial charge on any atom is 0.331 e. The molecule has 0 aromatic rings. The Morgan fingerprint density at radius 3 is 2.12 bits per heavy atom. The van der Waals surface area contributed by atoms with Crippen LogP contribution in [0.5, 0.6) is 0 Å². The van der Waals surface area contributed by atoms with Gasteiger partial charge in [-0.1, -0.05) is 19.1 Å². The van der Waals surface area contributed by atoms with E-state index < -0.39 is 7.60 Å². The molecule has 0 heterocycles. The molecule has 16 heavy (non-hydrogen) atoms. The second-order valence-electron chi connectivity index (χ2n) is 3.22. The summed E-state index contributed by atoms with van der Waals surface area (Å²) >= 11 is 0. The Morgan fingerprint density at radius 2 is 1.75 bits per heavy atom. The molecule has 0 aromatic heterocycles. The largest absolute Gasteiger partial charge is 0.331 e. The molecule has 0 aliphatic heterocycles. The zero-order valence-electron chi connectivity index (χ0n) is 10.2. The third-order valence-corrected chi connectivity index (χ3v) is 3.86. The van der Waals surface area contributed by atoms with Gasteiger partial charge in [0.05, 0.1) is 6.61 Å². The Labute approximate surface area is 98.5 Å². The maximum absolute atomic E-state index is 12.0. The molecule has 0 fully saturated rings. The van der Waals surface area contributed by atoms with Gasteiger partial charge in [0.1, 0.15) is 6.73 Å². The summed E-state index contributed by atoms with van der Waals surface area (Å²) in [4.78, 5) is 1.93. The molecule has 0 saturated heterocycles. The van der Waals surface area contributed by atoms with Crippen LogP contribution in [0.15, 0.2) is 25.3 Å². The molecule has 0 radical (unpaired) electrons. The average molecular weight is 247 g/mol. The lowest BCUT2D eigenvalue weighted by atomic mass is 10.5. The third kappa shape index (κ3) is 6.23. The Balaban J connectivity index is 4.19.